The monoisotopic (exact) mass is 538 g/mol. The lowest BCUT2D eigenvalue weighted by Gasteiger charge is -2.33. The molecule has 2 aromatic heterocycles. The number of nitrogens with one attached hydrogen (secondary N) is 3. The van der Waals surface area contributed by atoms with Crippen molar-refractivity contribution in [3.63, 3.8) is 0 Å². The van der Waals surface area contributed by atoms with Gasteiger partial charge in [-0.15, -0.1) is 0 Å². The lowest BCUT2D eigenvalue weighted by molar-refractivity contribution is -0.126. The fourth-order valence-corrected chi connectivity index (χ4v) is 5.46. The van der Waals surface area contributed by atoms with Gasteiger partial charge in [0.25, 0.3) is 0 Å². The van der Waals surface area contributed by atoms with Gasteiger partial charge in [-0.25, -0.2) is 9.97 Å². The van der Waals surface area contributed by atoms with E-state index in [1.54, 1.807) is 13.2 Å². The first-order valence-electron chi connectivity index (χ1n) is 14.3. The van der Waals surface area contributed by atoms with Gasteiger partial charge in [-0.1, -0.05) is 55.3 Å². The lowest BCUT2D eigenvalue weighted by atomic mass is 9.96. The summed E-state index contributed by atoms with van der Waals surface area (Å²) in [5.41, 5.74) is 1.99. The molecule has 1 saturated heterocycles. The SMILES string of the molecule is CNC(=O)CCCCC[C@H](NC(=O)C1CCCN(c2ccccn2)C1)c1ncc(-c2ccc3ccccc3c2)[nH]1. The number of rotatable bonds is 11. The smallest absolute Gasteiger partial charge is 0.225 e. The summed E-state index contributed by atoms with van der Waals surface area (Å²) in [6.45, 7) is 1.56. The van der Waals surface area contributed by atoms with E-state index in [0.717, 1.165) is 68.0 Å². The van der Waals surface area contributed by atoms with E-state index in [2.05, 4.69) is 55.8 Å². The summed E-state index contributed by atoms with van der Waals surface area (Å²) in [7, 11) is 1.66. The van der Waals surface area contributed by atoms with Gasteiger partial charge in [0.2, 0.25) is 11.8 Å². The number of piperidine rings is 1. The Labute approximate surface area is 235 Å². The minimum atomic E-state index is -0.230. The molecule has 8 nitrogen and oxygen atoms in total. The van der Waals surface area contributed by atoms with Crippen molar-refractivity contribution in [3.8, 4) is 11.3 Å². The number of fused-ring (bicyclic) bond motifs is 1. The predicted molar refractivity (Wildman–Crippen MR) is 159 cm³/mol. The highest BCUT2D eigenvalue weighted by atomic mass is 16.2. The molecular formula is C32H38N6O2. The maximum atomic E-state index is 13.5. The topological polar surface area (TPSA) is 103 Å². The number of H-pyrrole nitrogens is 1. The van der Waals surface area contributed by atoms with E-state index in [4.69, 9.17) is 4.98 Å². The Balaban J connectivity index is 1.29. The number of benzene rings is 2. The van der Waals surface area contributed by atoms with Crippen LogP contribution in [-0.2, 0) is 9.59 Å². The van der Waals surface area contributed by atoms with Crippen LogP contribution in [-0.4, -0.2) is 46.9 Å². The molecule has 5 rings (SSSR count). The van der Waals surface area contributed by atoms with Gasteiger partial charge in [0.15, 0.2) is 0 Å². The average molecular weight is 539 g/mol. The van der Waals surface area contributed by atoms with Crippen molar-refractivity contribution in [3.05, 3.63) is 78.9 Å². The maximum Gasteiger partial charge on any atom is 0.225 e. The first kappa shape index (κ1) is 27.4. The number of hydrogen-bond acceptors (Lipinski definition) is 5. The van der Waals surface area contributed by atoms with Crippen molar-refractivity contribution >= 4 is 28.4 Å². The second-order valence-corrected chi connectivity index (χ2v) is 10.6. The molecule has 1 aliphatic heterocycles. The first-order chi connectivity index (χ1) is 19.6. The molecule has 40 heavy (non-hydrogen) atoms. The number of anilines is 1. The van der Waals surface area contributed by atoms with E-state index in [1.165, 1.54) is 10.8 Å². The third-order valence-corrected chi connectivity index (χ3v) is 7.74. The van der Waals surface area contributed by atoms with Crippen LogP contribution in [0.1, 0.15) is 56.8 Å². The highest BCUT2D eigenvalue weighted by molar-refractivity contribution is 5.86. The summed E-state index contributed by atoms with van der Waals surface area (Å²) in [6.07, 6.45) is 9.35. The summed E-state index contributed by atoms with van der Waals surface area (Å²) in [5.74, 6) is 1.69. The Kier molecular flexibility index (Phi) is 9.06. The van der Waals surface area contributed by atoms with Crippen LogP contribution in [0, 0.1) is 5.92 Å². The molecule has 8 heteroatoms. The third-order valence-electron chi connectivity index (χ3n) is 7.74. The third kappa shape index (κ3) is 6.86. The second-order valence-electron chi connectivity index (χ2n) is 10.6. The van der Waals surface area contributed by atoms with Crippen LogP contribution in [0.5, 0.6) is 0 Å². The van der Waals surface area contributed by atoms with Gasteiger partial charge in [0, 0.05) is 38.3 Å². The number of hydrogen-bond donors (Lipinski definition) is 3. The van der Waals surface area contributed by atoms with Crippen LogP contribution in [0.25, 0.3) is 22.0 Å². The minimum absolute atomic E-state index is 0.0552. The number of imidazole rings is 1. The van der Waals surface area contributed by atoms with Crippen LogP contribution >= 0.6 is 0 Å². The molecule has 1 fully saturated rings. The van der Waals surface area contributed by atoms with Gasteiger partial charge in [-0.05, 0) is 54.7 Å². The number of carbonyl (C=O) groups is 2. The molecule has 1 aliphatic rings. The molecule has 1 unspecified atom stereocenters. The van der Waals surface area contributed by atoms with Gasteiger partial charge in [-0.3, -0.25) is 9.59 Å². The summed E-state index contributed by atoms with van der Waals surface area (Å²) in [4.78, 5) is 40.1. The van der Waals surface area contributed by atoms with Crippen molar-refractivity contribution in [1.29, 1.82) is 0 Å². The standard InChI is InChI=1S/C32H38N6O2/c1-33-30(39)15-4-2-3-13-27(37-32(40)26-12-9-19-38(22-26)29-14-7-8-18-34-29)31-35-21-28(36-31)25-17-16-23-10-5-6-11-24(23)20-25/h5-8,10-11,14,16-18,20-21,26-27H,2-4,9,12-13,15,19,22H2,1H3,(H,33,39)(H,35,36)(H,37,40)/t26?,27-/m0/s1. The quantitative estimate of drug-likeness (QED) is 0.222. The Hall–Kier alpha value is -4.20. The zero-order valence-corrected chi connectivity index (χ0v) is 23.1. The van der Waals surface area contributed by atoms with E-state index >= 15 is 0 Å². The van der Waals surface area contributed by atoms with Crippen molar-refractivity contribution in [2.45, 2.75) is 51.0 Å². The van der Waals surface area contributed by atoms with Crippen molar-refractivity contribution in [2.24, 2.45) is 5.92 Å². The van der Waals surface area contributed by atoms with E-state index in [-0.39, 0.29) is 23.8 Å². The van der Waals surface area contributed by atoms with E-state index in [0.29, 0.717) is 13.0 Å². The molecule has 2 aromatic carbocycles. The van der Waals surface area contributed by atoms with Crippen LogP contribution in [0.2, 0.25) is 0 Å². The molecule has 0 aliphatic carbocycles. The summed E-state index contributed by atoms with van der Waals surface area (Å²) >= 11 is 0. The molecule has 0 spiro atoms. The van der Waals surface area contributed by atoms with E-state index in [9.17, 15) is 9.59 Å². The van der Waals surface area contributed by atoms with Gasteiger partial charge < -0.3 is 20.5 Å². The number of pyridine rings is 1. The highest BCUT2D eigenvalue weighted by Crippen LogP contribution is 2.27. The fourth-order valence-electron chi connectivity index (χ4n) is 5.46. The normalized spacial score (nSPS) is 16.0. The molecule has 0 bridgehead atoms. The first-order valence-corrected chi connectivity index (χ1v) is 14.3. The maximum absolute atomic E-state index is 13.5. The van der Waals surface area contributed by atoms with Gasteiger partial charge in [-0.2, -0.15) is 0 Å². The number of aromatic nitrogens is 3. The number of aromatic amines is 1. The van der Waals surface area contributed by atoms with Gasteiger partial charge >= 0.3 is 0 Å². The van der Waals surface area contributed by atoms with Crippen LogP contribution < -0.4 is 15.5 Å². The number of nitrogens with zero attached hydrogens (tertiary/aromatic N) is 3. The molecule has 0 radical (unpaired) electrons. The molecule has 208 valence electrons. The summed E-state index contributed by atoms with van der Waals surface area (Å²) in [5, 5.41) is 8.37. The second kappa shape index (κ2) is 13.2. The molecule has 3 N–H and O–H groups in total. The zero-order valence-electron chi connectivity index (χ0n) is 23.1. The fraction of sp³-hybridized carbons (Fsp3) is 0.375. The highest BCUT2D eigenvalue weighted by Gasteiger charge is 2.29. The largest absolute Gasteiger partial charge is 0.359 e. The Morgan fingerprint density at radius 3 is 2.70 bits per heavy atom. The van der Waals surface area contributed by atoms with E-state index in [1.807, 2.05) is 36.5 Å². The predicted octanol–water partition coefficient (Wildman–Crippen LogP) is 5.40. The van der Waals surface area contributed by atoms with Crippen LogP contribution in [0.3, 0.4) is 0 Å². The van der Waals surface area contributed by atoms with E-state index < -0.39 is 0 Å². The van der Waals surface area contributed by atoms with Crippen molar-refractivity contribution in [2.75, 3.05) is 25.0 Å². The van der Waals surface area contributed by atoms with Crippen LogP contribution in [0.15, 0.2) is 73.1 Å². The minimum Gasteiger partial charge on any atom is -0.359 e. The van der Waals surface area contributed by atoms with Crippen molar-refractivity contribution in [1.82, 2.24) is 25.6 Å². The number of carbonyl (C=O) groups excluding carboxylic acids is 2. The summed E-state index contributed by atoms with van der Waals surface area (Å²) < 4.78 is 0. The Bertz CT molecular complexity index is 1420. The molecule has 2 amide bonds. The van der Waals surface area contributed by atoms with Gasteiger partial charge in [0.05, 0.1) is 23.9 Å². The lowest BCUT2D eigenvalue weighted by Crippen LogP contribution is -2.44. The summed E-state index contributed by atoms with van der Waals surface area (Å²) in [6, 6.07) is 20.3. The molecule has 3 heterocycles. The number of unbranched alkanes of at least 4 members (excludes halogenated alkanes) is 2. The average Bonchev–Trinajstić information content (AvgIpc) is 3.51. The molecule has 4 aromatic rings. The van der Waals surface area contributed by atoms with Gasteiger partial charge in [0.1, 0.15) is 11.6 Å². The van der Waals surface area contributed by atoms with Crippen molar-refractivity contribution < 1.29 is 9.59 Å². The zero-order chi connectivity index (χ0) is 27.7. The molecular weight excluding hydrogens is 500 g/mol. The molecule has 2 atom stereocenters. The Morgan fingerprint density at radius 1 is 1.02 bits per heavy atom. The Morgan fingerprint density at radius 2 is 1.88 bits per heavy atom. The molecule has 0 saturated carbocycles. The number of amides is 2. The van der Waals surface area contributed by atoms with Crippen LogP contribution in [0.4, 0.5) is 5.82 Å².